The monoisotopic (exact) mass is 324 g/mol. The zero-order valence-corrected chi connectivity index (χ0v) is 13.5. The lowest BCUT2D eigenvalue weighted by molar-refractivity contribution is 0.593. The lowest BCUT2D eigenvalue weighted by atomic mass is 10.2. The second-order valence-corrected chi connectivity index (χ2v) is 7.63. The zero-order valence-electron chi connectivity index (χ0n) is 12.7. The number of para-hydroxylation sites is 2. The highest BCUT2D eigenvalue weighted by molar-refractivity contribution is 7.93. The fraction of sp³-hybridized carbons (Fsp3) is 0.167. The Hall–Kier alpha value is -2.40. The first-order valence-electron chi connectivity index (χ1n) is 7.53. The zero-order chi connectivity index (χ0) is 16.0. The lowest BCUT2D eigenvalue weighted by Crippen LogP contribution is -2.29. The van der Waals surface area contributed by atoms with Gasteiger partial charge in [-0.3, -0.25) is 9.29 Å². The SMILES string of the molecule is Cc1cnc2c(S(=O)(=O)N3CCc4ccccc43)cccc2c1. The van der Waals surface area contributed by atoms with Crippen molar-refractivity contribution in [1.29, 1.82) is 0 Å². The Morgan fingerprint density at radius 3 is 2.78 bits per heavy atom. The van der Waals surface area contributed by atoms with Crippen molar-refractivity contribution >= 4 is 26.6 Å². The third-order valence-corrected chi connectivity index (χ3v) is 6.07. The van der Waals surface area contributed by atoms with E-state index in [9.17, 15) is 8.42 Å². The van der Waals surface area contributed by atoms with Crippen molar-refractivity contribution in [3.8, 4) is 0 Å². The molecule has 0 radical (unpaired) electrons. The minimum absolute atomic E-state index is 0.270. The number of hydrogen-bond donors (Lipinski definition) is 0. The minimum atomic E-state index is -3.62. The topological polar surface area (TPSA) is 50.3 Å². The fourth-order valence-electron chi connectivity index (χ4n) is 3.13. The number of aromatic nitrogens is 1. The number of nitrogens with zero attached hydrogens (tertiary/aromatic N) is 2. The van der Waals surface area contributed by atoms with E-state index in [1.807, 2.05) is 43.3 Å². The molecular formula is C18H16N2O2S. The summed E-state index contributed by atoms with van der Waals surface area (Å²) in [6, 6.07) is 14.9. The molecule has 23 heavy (non-hydrogen) atoms. The molecule has 116 valence electrons. The summed E-state index contributed by atoms with van der Waals surface area (Å²) in [5.41, 5.74) is 3.39. The van der Waals surface area contributed by atoms with Crippen LogP contribution in [0.4, 0.5) is 5.69 Å². The van der Waals surface area contributed by atoms with Gasteiger partial charge in [0.05, 0.1) is 11.2 Å². The molecule has 0 bridgehead atoms. The molecule has 1 aromatic heterocycles. The Balaban J connectivity index is 1.91. The van der Waals surface area contributed by atoms with Gasteiger partial charge in [0.25, 0.3) is 10.0 Å². The van der Waals surface area contributed by atoms with Crippen LogP contribution in [0.5, 0.6) is 0 Å². The van der Waals surface area contributed by atoms with Crippen LogP contribution in [0.2, 0.25) is 0 Å². The number of benzene rings is 2. The molecule has 0 amide bonds. The standard InChI is InChI=1S/C18H16N2O2S/c1-13-11-15-6-4-8-17(18(15)19-12-13)23(21,22)20-10-9-14-5-2-3-7-16(14)20/h2-8,11-12H,9-10H2,1H3. The summed E-state index contributed by atoms with van der Waals surface area (Å²) < 4.78 is 27.9. The molecule has 0 saturated heterocycles. The molecule has 3 aromatic rings. The van der Waals surface area contributed by atoms with Crippen LogP contribution in [0.15, 0.2) is 59.6 Å². The molecule has 5 heteroatoms. The first-order chi connectivity index (χ1) is 11.1. The Kier molecular flexibility index (Phi) is 3.13. The Morgan fingerprint density at radius 2 is 1.91 bits per heavy atom. The highest BCUT2D eigenvalue weighted by Crippen LogP contribution is 2.34. The van der Waals surface area contributed by atoms with Gasteiger partial charge in [0.1, 0.15) is 4.90 Å². The summed E-state index contributed by atoms with van der Waals surface area (Å²) in [5.74, 6) is 0. The average Bonchev–Trinajstić information content (AvgIpc) is 2.98. The van der Waals surface area contributed by atoms with E-state index in [4.69, 9.17) is 0 Å². The normalized spacial score (nSPS) is 14.2. The van der Waals surface area contributed by atoms with Crippen molar-refractivity contribution in [2.75, 3.05) is 10.8 Å². The molecule has 1 aliphatic heterocycles. The second-order valence-electron chi connectivity index (χ2n) is 5.80. The van der Waals surface area contributed by atoms with Crippen LogP contribution < -0.4 is 4.31 Å². The summed E-state index contributed by atoms with van der Waals surface area (Å²) in [5, 5.41) is 0.846. The van der Waals surface area contributed by atoms with Crippen molar-refractivity contribution in [2.24, 2.45) is 0 Å². The lowest BCUT2D eigenvalue weighted by Gasteiger charge is -2.20. The number of rotatable bonds is 2. The molecule has 0 spiro atoms. The molecule has 2 heterocycles. The Labute approximate surface area is 135 Å². The first-order valence-corrected chi connectivity index (χ1v) is 8.97. The largest absolute Gasteiger partial charge is 0.266 e. The number of hydrogen-bond acceptors (Lipinski definition) is 3. The van der Waals surface area contributed by atoms with Crippen LogP contribution >= 0.6 is 0 Å². The maximum absolute atomic E-state index is 13.2. The number of anilines is 1. The van der Waals surface area contributed by atoms with Crippen LogP contribution in [0.1, 0.15) is 11.1 Å². The number of pyridine rings is 1. The predicted octanol–water partition coefficient (Wildman–Crippen LogP) is 3.29. The van der Waals surface area contributed by atoms with Gasteiger partial charge in [-0.05, 0) is 42.7 Å². The van der Waals surface area contributed by atoms with Gasteiger partial charge in [0, 0.05) is 18.1 Å². The molecular weight excluding hydrogens is 308 g/mol. The maximum atomic E-state index is 13.2. The van der Waals surface area contributed by atoms with Gasteiger partial charge in [0.15, 0.2) is 0 Å². The van der Waals surface area contributed by atoms with Gasteiger partial charge >= 0.3 is 0 Å². The Morgan fingerprint density at radius 1 is 1.09 bits per heavy atom. The summed E-state index contributed by atoms with van der Waals surface area (Å²) in [4.78, 5) is 4.64. The summed E-state index contributed by atoms with van der Waals surface area (Å²) in [6.07, 6.45) is 2.45. The fourth-order valence-corrected chi connectivity index (χ4v) is 4.80. The van der Waals surface area contributed by atoms with Gasteiger partial charge in [-0.2, -0.15) is 0 Å². The van der Waals surface area contributed by atoms with Crippen LogP contribution in [-0.2, 0) is 16.4 Å². The number of aryl methyl sites for hydroxylation is 1. The highest BCUT2D eigenvalue weighted by atomic mass is 32.2. The van der Waals surface area contributed by atoms with Gasteiger partial charge in [-0.25, -0.2) is 8.42 Å². The second kappa shape index (κ2) is 5.06. The van der Waals surface area contributed by atoms with E-state index in [1.165, 1.54) is 4.31 Å². The summed E-state index contributed by atoms with van der Waals surface area (Å²) in [6.45, 7) is 2.42. The molecule has 0 aliphatic carbocycles. The average molecular weight is 324 g/mol. The molecule has 4 nitrogen and oxygen atoms in total. The smallest absolute Gasteiger partial charge is 0.266 e. The maximum Gasteiger partial charge on any atom is 0.266 e. The number of fused-ring (bicyclic) bond motifs is 2. The van der Waals surface area contributed by atoms with Crippen LogP contribution in [0.25, 0.3) is 10.9 Å². The minimum Gasteiger partial charge on any atom is -0.266 e. The van der Waals surface area contributed by atoms with Gasteiger partial charge in [0.2, 0.25) is 0 Å². The third-order valence-electron chi connectivity index (χ3n) is 4.22. The summed E-state index contributed by atoms with van der Waals surface area (Å²) >= 11 is 0. The van der Waals surface area contributed by atoms with Crippen LogP contribution in [0, 0.1) is 6.92 Å². The molecule has 0 fully saturated rings. The molecule has 4 rings (SSSR count). The van der Waals surface area contributed by atoms with E-state index in [2.05, 4.69) is 4.98 Å². The first kappa shape index (κ1) is 14.2. The molecule has 1 aliphatic rings. The van der Waals surface area contributed by atoms with Crippen LogP contribution in [0.3, 0.4) is 0 Å². The van der Waals surface area contributed by atoms with Gasteiger partial charge < -0.3 is 0 Å². The van der Waals surface area contributed by atoms with Crippen molar-refractivity contribution in [1.82, 2.24) is 4.98 Å². The third kappa shape index (κ3) is 2.19. The van der Waals surface area contributed by atoms with Crippen LogP contribution in [-0.4, -0.2) is 19.9 Å². The van der Waals surface area contributed by atoms with E-state index in [0.717, 1.165) is 28.6 Å². The van der Waals surface area contributed by atoms with Gasteiger partial charge in [-0.15, -0.1) is 0 Å². The van der Waals surface area contributed by atoms with Crippen molar-refractivity contribution < 1.29 is 8.42 Å². The Bertz CT molecular complexity index is 1010. The van der Waals surface area contributed by atoms with E-state index >= 15 is 0 Å². The summed E-state index contributed by atoms with van der Waals surface area (Å²) in [7, 11) is -3.62. The van der Waals surface area contributed by atoms with Gasteiger partial charge in [-0.1, -0.05) is 30.3 Å². The quantitative estimate of drug-likeness (QED) is 0.727. The number of sulfonamides is 1. The van der Waals surface area contributed by atoms with Crippen molar-refractivity contribution in [3.05, 3.63) is 65.9 Å². The molecule has 0 saturated carbocycles. The predicted molar refractivity (Wildman–Crippen MR) is 91.2 cm³/mol. The van der Waals surface area contributed by atoms with Crippen molar-refractivity contribution in [3.63, 3.8) is 0 Å². The molecule has 0 unspecified atom stereocenters. The van der Waals surface area contributed by atoms with E-state index in [1.54, 1.807) is 18.3 Å². The van der Waals surface area contributed by atoms with E-state index in [-0.39, 0.29) is 4.90 Å². The van der Waals surface area contributed by atoms with E-state index < -0.39 is 10.0 Å². The molecule has 0 atom stereocenters. The molecule has 0 N–H and O–H groups in total. The molecule has 2 aromatic carbocycles. The van der Waals surface area contributed by atoms with E-state index in [0.29, 0.717) is 12.1 Å². The highest BCUT2D eigenvalue weighted by Gasteiger charge is 2.31. The van der Waals surface area contributed by atoms with Crippen molar-refractivity contribution in [2.45, 2.75) is 18.2 Å².